The van der Waals surface area contributed by atoms with Gasteiger partial charge in [0.2, 0.25) is 11.8 Å². The van der Waals surface area contributed by atoms with E-state index in [2.05, 4.69) is 10.4 Å². The van der Waals surface area contributed by atoms with Crippen LogP contribution in [0.15, 0.2) is 36.7 Å². The van der Waals surface area contributed by atoms with E-state index < -0.39 is 12.0 Å². The first-order valence-corrected chi connectivity index (χ1v) is 8.34. The maximum Gasteiger partial charge on any atom is 0.230 e. The van der Waals surface area contributed by atoms with Crippen LogP contribution in [-0.4, -0.2) is 33.5 Å². The van der Waals surface area contributed by atoms with Gasteiger partial charge in [-0.05, 0) is 31.0 Å². The summed E-state index contributed by atoms with van der Waals surface area (Å²) in [6, 6.07) is 5.59. The van der Waals surface area contributed by atoms with Crippen LogP contribution < -0.4 is 5.32 Å². The van der Waals surface area contributed by atoms with Crippen molar-refractivity contribution in [1.29, 1.82) is 0 Å². The summed E-state index contributed by atoms with van der Waals surface area (Å²) in [6.45, 7) is 2.67. The molecule has 1 fully saturated rings. The topological polar surface area (TPSA) is 67.2 Å². The van der Waals surface area contributed by atoms with Gasteiger partial charge in [-0.3, -0.25) is 14.3 Å². The predicted molar refractivity (Wildman–Crippen MR) is 91.2 cm³/mol. The molecule has 7 heteroatoms. The summed E-state index contributed by atoms with van der Waals surface area (Å²) in [5, 5.41) is 7.00. The standard InChI is InChI=1S/C18H21FN4O2/c1-3-23-11-14(10-20-23)21-18(25)15-7-8-16(24)22(2)17(15)12-5-4-6-13(19)9-12/h4-6,9-11,15,17H,3,7-8H2,1-2H3,(H,21,25)/t15-,17-/m0/s1. The Balaban J connectivity index is 1.86. The molecule has 2 amide bonds. The molecule has 2 atom stereocenters. The van der Waals surface area contributed by atoms with Gasteiger partial charge in [-0.1, -0.05) is 12.1 Å². The second kappa shape index (κ2) is 7.04. The molecule has 1 aliphatic rings. The van der Waals surface area contributed by atoms with Gasteiger partial charge < -0.3 is 10.2 Å². The molecule has 3 rings (SSSR count). The van der Waals surface area contributed by atoms with E-state index >= 15 is 0 Å². The lowest BCUT2D eigenvalue weighted by Crippen LogP contribution is -2.44. The van der Waals surface area contributed by atoms with Crippen molar-refractivity contribution in [2.75, 3.05) is 12.4 Å². The third-order valence-corrected chi connectivity index (χ3v) is 4.61. The third kappa shape index (κ3) is 3.55. The minimum absolute atomic E-state index is 0.0443. The number of rotatable bonds is 4. The lowest BCUT2D eigenvalue weighted by atomic mass is 9.84. The number of hydrogen-bond donors (Lipinski definition) is 1. The fraction of sp³-hybridized carbons (Fsp3) is 0.389. The first-order chi connectivity index (χ1) is 12.0. The quantitative estimate of drug-likeness (QED) is 0.927. The van der Waals surface area contributed by atoms with Crippen LogP contribution in [0.5, 0.6) is 0 Å². The molecular formula is C18H21FN4O2. The van der Waals surface area contributed by atoms with Crippen LogP contribution in [-0.2, 0) is 16.1 Å². The smallest absolute Gasteiger partial charge is 0.230 e. The highest BCUT2D eigenvalue weighted by atomic mass is 19.1. The van der Waals surface area contributed by atoms with Crippen molar-refractivity contribution in [3.63, 3.8) is 0 Å². The number of aryl methyl sites for hydroxylation is 1. The molecule has 1 aromatic carbocycles. The van der Waals surface area contributed by atoms with Crippen LogP contribution in [0.3, 0.4) is 0 Å². The number of aromatic nitrogens is 2. The maximum absolute atomic E-state index is 13.6. The van der Waals surface area contributed by atoms with E-state index in [-0.39, 0.29) is 17.6 Å². The summed E-state index contributed by atoms with van der Waals surface area (Å²) in [4.78, 5) is 26.5. The summed E-state index contributed by atoms with van der Waals surface area (Å²) >= 11 is 0. The van der Waals surface area contributed by atoms with E-state index in [4.69, 9.17) is 0 Å². The molecule has 2 heterocycles. The Bertz CT molecular complexity index is 789. The van der Waals surface area contributed by atoms with Gasteiger partial charge in [-0.25, -0.2) is 4.39 Å². The number of amides is 2. The highest BCUT2D eigenvalue weighted by molar-refractivity contribution is 5.94. The maximum atomic E-state index is 13.6. The summed E-state index contributed by atoms with van der Waals surface area (Å²) in [7, 11) is 1.66. The molecule has 0 radical (unpaired) electrons. The molecule has 0 bridgehead atoms. The molecular weight excluding hydrogens is 323 g/mol. The zero-order valence-corrected chi connectivity index (χ0v) is 14.3. The normalized spacial score (nSPS) is 20.6. The van der Waals surface area contributed by atoms with Crippen LogP contribution in [0.25, 0.3) is 0 Å². The van der Waals surface area contributed by atoms with E-state index in [1.165, 1.54) is 17.0 Å². The number of hydrogen-bond acceptors (Lipinski definition) is 3. The number of nitrogens with one attached hydrogen (secondary N) is 1. The second-order valence-electron chi connectivity index (χ2n) is 6.22. The number of anilines is 1. The van der Waals surface area contributed by atoms with Gasteiger partial charge in [-0.2, -0.15) is 5.10 Å². The minimum Gasteiger partial charge on any atom is -0.338 e. The summed E-state index contributed by atoms with van der Waals surface area (Å²) in [5.74, 6) is -1.07. The van der Waals surface area contributed by atoms with Crippen molar-refractivity contribution >= 4 is 17.5 Å². The van der Waals surface area contributed by atoms with Gasteiger partial charge in [0.25, 0.3) is 0 Å². The Labute approximate surface area is 145 Å². The number of carbonyl (C=O) groups is 2. The van der Waals surface area contributed by atoms with Crippen molar-refractivity contribution in [1.82, 2.24) is 14.7 Å². The number of benzene rings is 1. The third-order valence-electron chi connectivity index (χ3n) is 4.61. The SMILES string of the molecule is CCn1cc(NC(=O)[C@H]2CCC(=O)N(C)[C@H]2c2cccc(F)c2)cn1. The van der Waals surface area contributed by atoms with Crippen LogP contribution in [0.4, 0.5) is 10.1 Å². The number of nitrogens with zero attached hydrogens (tertiary/aromatic N) is 3. The molecule has 0 unspecified atom stereocenters. The van der Waals surface area contributed by atoms with Gasteiger partial charge in [0.15, 0.2) is 0 Å². The van der Waals surface area contributed by atoms with Gasteiger partial charge in [0.05, 0.1) is 23.8 Å². The fourth-order valence-electron chi connectivity index (χ4n) is 3.30. The number of carbonyl (C=O) groups excluding carboxylic acids is 2. The lowest BCUT2D eigenvalue weighted by Gasteiger charge is -2.38. The zero-order valence-electron chi connectivity index (χ0n) is 14.3. The molecule has 1 aliphatic heterocycles. The average Bonchev–Trinajstić information content (AvgIpc) is 3.04. The molecule has 0 aliphatic carbocycles. The fourth-order valence-corrected chi connectivity index (χ4v) is 3.30. The summed E-state index contributed by atoms with van der Waals surface area (Å²) in [5.41, 5.74) is 1.24. The second-order valence-corrected chi connectivity index (χ2v) is 6.22. The summed E-state index contributed by atoms with van der Waals surface area (Å²) < 4.78 is 15.4. The van der Waals surface area contributed by atoms with Gasteiger partial charge in [0.1, 0.15) is 5.82 Å². The first kappa shape index (κ1) is 17.1. The van der Waals surface area contributed by atoms with E-state index in [0.717, 1.165) is 0 Å². The average molecular weight is 344 g/mol. The van der Waals surface area contributed by atoms with E-state index in [9.17, 15) is 14.0 Å². The van der Waals surface area contributed by atoms with Crippen LogP contribution in [0.2, 0.25) is 0 Å². The van der Waals surface area contributed by atoms with Crippen molar-refractivity contribution in [3.8, 4) is 0 Å². The largest absolute Gasteiger partial charge is 0.338 e. The van der Waals surface area contributed by atoms with E-state index in [1.54, 1.807) is 36.3 Å². The first-order valence-electron chi connectivity index (χ1n) is 8.34. The Hall–Kier alpha value is -2.70. The molecule has 1 saturated heterocycles. The Morgan fingerprint density at radius 1 is 1.44 bits per heavy atom. The summed E-state index contributed by atoms with van der Waals surface area (Å²) in [6.07, 6.45) is 4.08. The minimum atomic E-state index is -0.488. The van der Waals surface area contributed by atoms with Crippen LogP contribution in [0.1, 0.15) is 31.4 Å². The van der Waals surface area contributed by atoms with Crippen LogP contribution >= 0.6 is 0 Å². The van der Waals surface area contributed by atoms with Crippen molar-refractivity contribution in [2.45, 2.75) is 32.4 Å². The van der Waals surface area contributed by atoms with Gasteiger partial charge >= 0.3 is 0 Å². The van der Waals surface area contributed by atoms with Crippen LogP contribution in [0, 0.1) is 11.7 Å². The predicted octanol–water partition coefficient (Wildman–Crippen LogP) is 2.59. The number of halogens is 1. The van der Waals surface area contributed by atoms with Crippen molar-refractivity contribution in [3.05, 3.63) is 48.0 Å². The zero-order chi connectivity index (χ0) is 18.0. The number of likely N-dealkylation sites (tertiary alicyclic amines) is 1. The van der Waals surface area contributed by atoms with Crippen molar-refractivity contribution in [2.24, 2.45) is 5.92 Å². The Morgan fingerprint density at radius 2 is 2.24 bits per heavy atom. The lowest BCUT2D eigenvalue weighted by molar-refractivity contribution is -0.140. The molecule has 0 spiro atoms. The monoisotopic (exact) mass is 344 g/mol. The molecule has 1 aromatic heterocycles. The Kier molecular flexibility index (Phi) is 4.83. The highest BCUT2D eigenvalue weighted by Crippen LogP contribution is 2.36. The molecule has 6 nitrogen and oxygen atoms in total. The highest BCUT2D eigenvalue weighted by Gasteiger charge is 2.39. The molecule has 132 valence electrons. The molecule has 25 heavy (non-hydrogen) atoms. The van der Waals surface area contributed by atoms with E-state index in [1.807, 2.05) is 6.92 Å². The van der Waals surface area contributed by atoms with Gasteiger partial charge in [0, 0.05) is 26.2 Å². The van der Waals surface area contributed by atoms with Crippen molar-refractivity contribution < 1.29 is 14.0 Å². The Morgan fingerprint density at radius 3 is 2.92 bits per heavy atom. The number of piperidine rings is 1. The molecule has 2 aromatic rings. The van der Waals surface area contributed by atoms with Gasteiger partial charge in [-0.15, -0.1) is 0 Å². The molecule has 0 saturated carbocycles. The van der Waals surface area contributed by atoms with E-state index in [0.29, 0.717) is 30.6 Å². The molecule has 1 N–H and O–H groups in total.